The van der Waals surface area contributed by atoms with Gasteiger partial charge < -0.3 is 4.90 Å². The van der Waals surface area contributed by atoms with Crippen LogP contribution >= 0.6 is 39.5 Å². The maximum atomic E-state index is 4.67. The number of hydrogen-bond acceptors (Lipinski definition) is 9. The van der Waals surface area contributed by atoms with Crippen LogP contribution in [0.1, 0.15) is 11.3 Å². The molecule has 0 N–H and O–H groups in total. The Morgan fingerprint density at radius 2 is 2.00 bits per heavy atom. The minimum absolute atomic E-state index is 0.569. The Bertz CT molecular complexity index is 1160. The van der Waals surface area contributed by atoms with Gasteiger partial charge in [-0.15, -0.1) is 10.2 Å². The number of benzene rings is 1. The van der Waals surface area contributed by atoms with Gasteiger partial charge in [0.15, 0.2) is 0 Å². The van der Waals surface area contributed by atoms with E-state index in [4.69, 9.17) is 0 Å². The van der Waals surface area contributed by atoms with Crippen molar-refractivity contribution in [2.45, 2.75) is 34.6 Å². The summed E-state index contributed by atoms with van der Waals surface area (Å²) in [5, 5.41) is 19.0. The third-order valence-electron chi connectivity index (χ3n) is 4.16. The van der Waals surface area contributed by atoms with Crippen LogP contribution in [0, 0.1) is 6.92 Å². The summed E-state index contributed by atoms with van der Waals surface area (Å²) in [5.41, 5.74) is 2.06. The van der Waals surface area contributed by atoms with Crippen molar-refractivity contribution in [2.24, 2.45) is 0 Å². The third kappa shape index (κ3) is 4.99. The van der Waals surface area contributed by atoms with Gasteiger partial charge in [-0.1, -0.05) is 45.9 Å². The average molecular weight is 506 g/mol. The maximum Gasteiger partial charge on any atom is 0.254 e. The van der Waals surface area contributed by atoms with Crippen LogP contribution in [0.25, 0.3) is 5.78 Å². The lowest BCUT2D eigenvalue weighted by molar-refractivity contribution is 0.361. The molecule has 4 rings (SSSR count). The maximum absolute atomic E-state index is 4.67. The predicted octanol–water partition coefficient (Wildman–Crippen LogP) is 3.19. The molecule has 0 unspecified atom stereocenters. The van der Waals surface area contributed by atoms with E-state index in [2.05, 4.69) is 57.5 Å². The molecule has 0 aliphatic heterocycles. The molecule has 4 aromatic rings. The van der Waals surface area contributed by atoms with E-state index >= 15 is 0 Å². The van der Waals surface area contributed by atoms with Gasteiger partial charge >= 0.3 is 0 Å². The lowest BCUT2D eigenvalue weighted by Crippen LogP contribution is -2.19. The number of hydrogen-bond donors (Lipinski definition) is 0. The van der Waals surface area contributed by atoms with Gasteiger partial charge in [0.05, 0.1) is 6.54 Å². The minimum atomic E-state index is 0.569. The van der Waals surface area contributed by atoms with Crippen LogP contribution in [0.3, 0.4) is 0 Å². The van der Waals surface area contributed by atoms with Crippen LogP contribution in [-0.4, -0.2) is 65.3 Å². The summed E-state index contributed by atoms with van der Waals surface area (Å²) in [6.45, 7) is 3.50. The van der Waals surface area contributed by atoms with Crippen molar-refractivity contribution in [1.29, 1.82) is 0 Å². The Hall–Kier alpha value is -2.02. The van der Waals surface area contributed by atoms with E-state index in [9.17, 15) is 0 Å². The van der Waals surface area contributed by atoms with E-state index in [-0.39, 0.29) is 0 Å². The van der Waals surface area contributed by atoms with Crippen molar-refractivity contribution < 1.29 is 0 Å². The van der Waals surface area contributed by atoms with E-state index in [1.807, 2.05) is 45.3 Å². The number of tetrazole rings is 1. The lowest BCUT2D eigenvalue weighted by Gasteiger charge is -2.10. The van der Waals surface area contributed by atoms with Crippen molar-refractivity contribution >= 4 is 45.2 Å². The molecule has 0 radical (unpaired) electrons. The molecule has 0 aliphatic rings. The van der Waals surface area contributed by atoms with Crippen LogP contribution < -0.4 is 0 Å². The van der Waals surface area contributed by atoms with E-state index < -0.39 is 0 Å². The van der Waals surface area contributed by atoms with Crippen LogP contribution in [-0.2, 0) is 12.3 Å². The van der Waals surface area contributed by atoms with E-state index in [0.717, 1.165) is 27.5 Å². The fourth-order valence-electron chi connectivity index (χ4n) is 2.63. The van der Waals surface area contributed by atoms with Crippen molar-refractivity contribution in [2.75, 3.05) is 20.6 Å². The minimum Gasteiger partial charge on any atom is -0.308 e. The number of aromatic nitrogens is 8. The summed E-state index contributed by atoms with van der Waals surface area (Å²) in [5.74, 6) is 1.34. The monoisotopic (exact) mass is 505 g/mol. The number of likely N-dealkylation sites (N-methyl/N-ethyl adjacent to an activating group) is 1. The lowest BCUT2D eigenvalue weighted by atomic mass is 10.2. The van der Waals surface area contributed by atoms with Gasteiger partial charge in [-0.2, -0.15) is 9.50 Å². The molecule has 30 heavy (non-hydrogen) atoms. The number of rotatable bonds is 8. The van der Waals surface area contributed by atoms with Gasteiger partial charge in [0.2, 0.25) is 10.3 Å². The molecule has 1 aromatic carbocycles. The highest BCUT2D eigenvalue weighted by Gasteiger charge is 2.15. The summed E-state index contributed by atoms with van der Waals surface area (Å²) in [4.78, 5) is 11.2. The normalized spacial score (nSPS) is 11.6. The molecule has 3 heterocycles. The Morgan fingerprint density at radius 3 is 2.80 bits per heavy atom. The second-order valence-corrected chi connectivity index (χ2v) is 9.60. The van der Waals surface area contributed by atoms with E-state index in [0.29, 0.717) is 22.6 Å². The standard InChI is InChI=1S/C18H20BrN9S2/c1-12-10-15(30-18-22-24-25-27(18)9-8-26(2)3)28-16(20-12)21-17(23-28)29-11-13-6-4-5-7-14(13)19/h4-7,10H,8-9,11H2,1-3H3. The Kier molecular flexibility index (Phi) is 6.66. The molecule has 0 amide bonds. The molecule has 9 nitrogen and oxygen atoms in total. The van der Waals surface area contributed by atoms with Crippen molar-refractivity contribution in [1.82, 2.24) is 44.7 Å². The molecule has 0 saturated heterocycles. The zero-order valence-electron chi connectivity index (χ0n) is 16.7. The summed E-state index contributed by atoms with van der Waals surface area (Å²) < 4.78 is 4.63. The Morgan fingerprint density at radius 1 is 1.17 bits per heavy atom. The van der Waals surface area contributed by atoms with Gasteiger partial charge in [-0.25, -0.2) is 9.67 Å². The molecule has 0 aliphatic carbocycles. The first-order chi connectivity index (χ1) is 14.5. The smallest absolute Gasteiger partial charge is 0.254 e. The van der Waals surface area contributed by atoms with Gasteiger partial charge in [-0.05, 0) is 60.9 Å². The fraction of sp³-hybridized carbons (Fsp3) is 0.333. The summed E-state index contributed by atoms with van der Waals surface area (Å²) in [7, 11) is 4.05. The fourth-order valence-corrected chi connectivity index (χ4v) is 4.99. The van der Waals surface area contributed by atoms with Gasteiger partial charge in [0, 0.05) is 22.5 Å². The zero-order valence-corrected chi connectivity index (χ0v) is 19.9. The van der Waals surface area contributed by atoms with Gasteiger partial charge in [-0.3, -0.25) is 0 Å². The topological polar surface area (TPSA) is 89.9 Å². The second-order valence-electron chi connectivity index (χ2n) is 6.81. The highest BCUT2D eigenvalue weighted by Crippen LogP contribution is 2.29. The first-order valence-corrected chi connectivity index (χ1v) is 11.8. The molecule has 3 aromatic heterocycles. The first-order valence-electron chi connectivity index (χ1n) is 9.19. The van der Waals surface area contributed by atoms with Gasteiger partial charge in [0.25, 0.3) is 5.78 Å². The molecule has 0 atom stereocenters. The van der Waals surface area contributed by atoms with Crippen LogP contribution in [0.4, 0.5) is 0 Å². The molecule has 0 bridgehead atoms. The predicted molar refractivity (Wildman–Crippen MR) is 120 cm³/mol. The number of fused-ring (bicyclic) bond motifs is 1. The Labute approximate surface area is 190 Å². The number of nitrogens with zero attached hydrogens (tertiary/aromatic N) is 9. The average Bonchev–Trinajstić information content (AvgIpc) is 3.32. The largest absolute Gasteiger partial charge is 0.308 e. The SMILES string of the molecule is Cc1cc(Sc2nnnn2CCN(C)C)n2nc(SCc3ccccc3Br)nc2n1. The van der Waals surface area contributed by atoms with Crippen molar-refractivity contribution in [3.8, 4) is 0 Å². The molecule has 0 fully saturated rings. The molecular weight excluding hydrogens is 486 g/mol. The van der Waals surface area contributed by atoms with Crippen molar-refractivity contribution in [3.63, 3.8) is 0 Å². The van der Waals surface area contributed by atoms with Crippen LogP contribution in [0.15, 0.2) is 50.1 Å². The van der Waals surface area contributed by atoms with Crippen molar-refractivity contribution in [3.05, 3.63) is 46.1 Å². The molecule has 156 valence electrons. The highest BCUT2D eigenvalue weighted by molar-refractivity contribution is 9.10. The second kappa shape index (κ2) is 9.41. The summed E-state index contributed by atoms with van der Waals surface area (Å²) >= 11 is 6.62. The van der Waals surface area contributed by atoms with Crippen LogP contribution in [0.5, 0.6) is 0 Å². The van der Waals surface area contributed by atoms with Gasteiger partial charge in [0.1, 0.15) is 5.03 Å². The third-order valence-corrected chi connectivity index (χ3v) is 6.79. The number of halogens is 1. The molecule has 12 heteroatoms. The molecular formula is C18H20BrN9S2. The van der Waals surface area contributed by atoms with E-state index in [1.54, 1.807) is 21.0 Å². The van der Waals surface area contributed by atoms with Crippen LogP contribution in [0.2, 0.25) is 0 Å². The quantitative estimate of drug-likeness (QED) is 0.264. The number of aryl methyl sites for hydroxylation is 1. The summed E-state index contributed by atoms with van der Waals surface area (Å²) in [6, 6.07) is 10.1. The molecule has 0 spiro atoms. The highest BCUT2D eigenvalue weighted by atomic mass is 79.9. The first kappa shape index (κ1) is 21.2. The Balaban J connectivity index is 1.57. The summed E-state index contributed by atoms with van der Waals surface area (Å²) in [6.07, 6.45) is 0. The zero-order chi connectivity index (χ0) is 21.1. The van der Waals surface area contributed by atoms with E-state index in [1.165, 1.54) is 17.3 Å². The number of thioether (sulfide) groups is 1. The molecule has 0 saturated carbocycles.